The van der Waals surface area contributed by atoms with Gasteiger partial charge in [-0.15, -0.1) is 0 Å². The first-order valence-electron chi connectivity index (χ1n) is 9.16. The van der Waals surface area contributed by atoms with Crippen LogP contribution in [0.3, 0.4) is 0 Å². The Morgan fingerprint density at radius 2 is 1.77 bits per heavy atom. The van der Waals surface area contributed by atoms with Crippen molar-refractivity contribution < 1.29 is 9.53 Å². The summed E-state index contributed by atoms with van der Waals surface area (Å²) in [6.45, 7) is 8.26. The minimum Gasteiger partial charge on any atom is -0.491 e. The molecule has 2 aromatic carbocycles. The van der Waals surface area contributed by atoms with Gasteiger partial charge in [0, 0.05) is 31.9 Å². The van der Waals surface area contributed by atoms with Gasteiger partial charge in [-0.1, -0.05) is 35.9 Å². The standard InChI is InChI=1S/C21H27N3O2/c1-17-8-9-20(18(2)16-17)26-15-10-22-21(25)24-13-11-23(12-14-24)19-6-4-3-5-7-19/h3-9,16H,10-15H2,1-2H3,(H,22,25). The van der Waals surface area contributed by atoms with Crippen molar-refractivity contribution in [3.8, 4) is 5.75 Å². The lowest BCUT2D eigenvalue weighted by Crippen LogP contribution is -2.52. The molecular formula is C21H27N3O2. The number of urea groups is 1. The summed E-state index contributed by atoms with van der Waals surface area (Å²) in [4.78, 5) is 16.5. The van der Waals surface area contributed by atoms with E-state index in [1.54, 1.807) is 0 Å². The maximum absolute atomic E-state index is 12.3. The average molecular weight is 353 g/mol. The van der Waals surface area contributed by atoms with Gasteiger partial charge in [-0.25, -0.2) is 4.79 Å². The number of carbonyl (C=O) groups is 1. The second-order valence-corrected chi connectivity index (χ2v) is 6.66. The maximum Gasteiger partial charge on any atom is 0.317 e. The van der Waals surface area contributed by atoms with E-state index in [4.69, 9.17) is 4.74 Å². The Balaban J connectivity index is 1.38. The first-order chi connectivity index (χ1) is 12.6. The molecule has 0 unspecified atom stereocenters. The molecule has 0 bridgehead atoms. The second kappa shape index (κ2) is 8.61. The molecule has 0 aromatic heterocycles. The zero-order chi connectivity index (χ0) is 18.4. The lowest BCUT2D eigenvalue weighted by atomic mass is 10.1. The number of anilines is 1. The third-order valence-electron chi connectivity index (χ3n) is 4.65. The number of nitrogens with one attached hydrogen (secondary N) is 1. The van der Waals surface area contributed by atoms with Crippen LogP contribution < -0.4 is 15.0 Å². The molecular weight excluding hydrogens is 326 g/mol. The van der Waals surface area contributed by atoms with Crippen molar-refractivity contribution in [2.24, 2.45) is 0 Å². The molecule has 0 saturated carbocycles. The van der Waals surface area contributed by atoms with E-state index in [0.717, 1.165) is 37.5 Å². The highest BCUT2D eigenvalue weighted by Gasteiger charge is 2.20. The first kappa shape index (κ1) is 18.1. The molecule has 5 nitrogen and oxygen atoms in total. The van der Waals surface area contributed by atoms with Crippen molar-refractivity contribution in [1.29, 1.82) is 0 Å². The average Bonchev–Trinajstić information content (AvgIpc) is 2.67. The third kappa shape index (κ3) is 4.69. The fraction of sp³-hybridized carbons (Fsp3) is 0.381. The number of para-hydroxylation sites is 1. The molecule has 26 heavy (non-hydrogen) atoms. The summed E-state index contributed by atoms with van der Waals surface area (Å²) in [6, 6.07) is 16.4. The second-order valence-electron chi connectivity index (χ2n) is 6.66. The highest BCUT2D eigenvalue weighted by molar-refractivity contribution is 5.74. The number of hydrogen-bond acceptors (Lipinski definition) is 3. The van der Waals surface area contributed by atoms with Crippen LogP contribution in [-0.2, 0) is 0 Å². The summed E-state index contributed by atoms with van der Waals surface area (Å²) in [5, 5.41) is 2.95. The number of carbonyl (C=O) groups excluding carboxylic acids is 1. The molecule has 1 aliphatic heterocycles. The molecule has 1 saturated heterocycles. The van der Waals surface area contributed by atoms with E-state index in [0.29, 0.717) is 13.2 Å². The summed E-state index contributed by atoms with van der Waals surface area (Å²) in [6.07, 6.45) is 0. The van der Waals surface area contributed by atoms with Gasteiger partial charge in [-0.2, -0.15) is 0 Å². The smallest absolute Gasteiger partial charge is 0.317 e. The normalized spacial score (nSPS) is 14.2. The van der Waals surface area contributed by atoms with Crippen LogP contribution in [-0.4, -0.2) is 50.3 Å². The Hall–Kier alpha value is -2.69. The number of rotatable bonds is 5. The van der Waals surface area contributed by atoms with Crippen LogP contribution in [0, 0.1) is 13.8 Å². The number of amides is 2. The fourth-order valence-corrected chi connectivity index (χ4v) is 3.20. The Labute approximate surface area is 155 Å². The SMILES string of the molecule is Cc1ccc(OCCNC(=O)N2CCN(c3ccccc3)CC2)c(C)c1. The minimum atomic E-state index is -0.0121. The number of hydrogen-bond donors (Lipinski definition) is 1. The summed E-state index contributed by atoms with van der Waals surface area (Å²) in [5.74, 6) is 0.876. The summed E-state index contributed by atoms with van der Waals surface area (Å²) < 4.78 is 5.76. The monoisotopic (exact) mass is 353 g/mol. The molecule has 2 amide bonds. The number of nitrogens with zero attached hydrogens (tertiary/aromatic N) is 2. The van der Waals surface area contributed by atoms with Gasteiger partial charge in [0.25, 0.3) is 0 Å². The van der Waals surface area contributed by atoms with E-state index >= 15 is 0 Å². The zero-order valence-corrected chi connectivity index (χ0v) is 15.6. The lowest BCUT2D eigenvalue weighted by molar-refractivity contribution is 0.191. The zero-order valence-electron chi connectivity index (χ0n) is 15.6. The molecule has 0 radical (unpaired) electrons. The quantitative estimate of drug-likeness (QED) is 0.840. The van der Waals surface area contributed by atoms with Gasteiger partial charge < -0.3 is 19.9 Å². The molecule has 138 valence electrons. The van der Waals surface area contributed by atoms with E-state index < -0.39 is 0 Å². The largest absolute Gasteiger partial charge is 0.491 e. The van der Waals surface area contributed by atoms with Crippen LogP contribution in [0.5, 0.6) is 5.75 Å². The van der Waals surface area contributed by atoms with E-state index in [-0.39, 0.29) is 6.03 Å². The lowest BCUT2D eigenvalue weighted by Gasteiger charge is -2.36. The van der Waals surface area contributed by atoms with Gasteiger partial charge in [0.05, 0.1) is 6.54 Å². The molecule has 1 N–H and O–H groups in total. The first-order valence-corrected chi connectivity index (χ1v) is 9.16. The number of benzene rings is 2. The maximum atomic E-state index is 12.3. The van der Waals surface area contributed by atoms with Crippen molar-refractivity contribution in [2.75, 3.05) is 44.2 Å². The summed E-state index contributed by atoms with van der Waals surface area (Å²) >= 11 is 0. The van der Waals surface area contributed by atoms with E-state index in [1.807, 2.05) is 42.2 Å². The van der Waals surface area contributed by atoms with Gasteiger partial charge in [-0.3, -0.25) is 0 Å². The van der Waals surface area contributed by atoms with Crippen molar-refractivity contribution in [1.82, 2.24) is 10.2 Å². The summed E-state index contributed by atoms with van der Waals surface area (Å²) in [5.41, 5.74) is 3.56. The van der Waals surface area contributed by atoms with Gasteiger partial charge in [-0.05, 0) is 37.6 Å². The molecule has 2 aromatic rings. The Bertz CT molecular complexity index is 725. The minimum absolute atomic E-state index is 0.0121. The highest BCUT2D eigenvalue weighted by atomic mass is 16.5. The topological polar surface area (TPSA) is 44.8 Å². The third-order valence-corrected chi connectivity index (χ3v) is 4.65. The van der Waals surface area contributed by atoms with Gasteiger partial charge >= 0.3 is 6.03 Å². The van der Waals surface area contributed by atoms with E-state index in [9.17, 15) is 4.79 Å². The Morgan fingerprint density at radius 3 is 2.46 bits per heavy atom. The van der Waals surface area contributed by atoms with E-state index in [2.05, 4.69) is 35.3 Å². The van der Waals surface area contributed by atoms with Crippen LogP contribution in [0.2, 0.25) is 0 Å². The predicted molar refractivity (Wildman–Crippen MR) is 105 cm³/mol. The molecule has 1 fully saturated rings. The Kier molecular flexibility index (Phi) is 6.00. The molecule has 0 aliphatic carbocycles. The van der Waals surface area contributed by atoms with Crippen LogP contribution in [0.25, 0.3) is 0 Å². The van der Waals surface area contributed by atoms with E-state index in [1.165, 1.54) is 11.3 Å². The van der Waals surface area contributed by atoms with Gasteiger partial charge in [0.15, 0.2) is 0 Å². The van der Waals surface area contributed by atoms with Crippen molar-refractivity contribution in [3.05, 3.63) is 59.7 Å². The number of piperazine rings is 1. The summed E-state index contributed by atoms with van der Waals surface area (Å²) in [7, 11) is 0. The van der Waals surface area contributed by atoms with Gasteiger partial charge in [0.1, 0.15) is 12.4 Å². The molecule has 3 rings (SSSR count). The Morgan fingerprint density at radius 1 is 1.04 bits per heavy atom. The van der Waals surface area contributed by atoms with Crippen molar-refractivity contribution in [3.63, 3.8) is 0 Å². The van der Waals surface area contributed by atoms with Crippen molar-refractivity contribution in [2.45, 2.75) is 13.8 Å². The number of ether oxygens (including phenoxy) is 1. The van der Waals surface area contributed by atoms with Gasteiger partial charge in [0.2, 0.25) is 0 Å². The number of aryl methyl sites for hydroxylation is 2. The molecule has 1 heterocycles. The molecule has 0 spiro atoms. The highest BCUT2D eigenvalue weighted by Crippen LogP contribution is 2.18. The van der Waals surface area contributed by atoms with Crippen LogP contribution in [0.4, 0.5) is 10.5 Å². The molecule has 0 atom stereocenters. The van der Waals surface area contributed by atoms with Crippen LogP contribution in [0.15, 0.2) is 48.5 Å². The fourth-order valence-electron chi connectivity index (χ4n) is 3.20. The molecule has 5 heteroatoms. The predicted octanol–water partition coefficient (Wildman–Crippen LogP) is 3.21. The van der Waals surface area contributed by atoms with Crippen molar-refractivity contribution >= 4 is 11.7 Å². The van der Waals surface area contributed by atoms with Crippen LogP contribution >= 0.6 is 0 Å². The van der Waals surface area contributed by atoms with Crippen LogP contribution in [0.1, 0.15) is 11.1 Å². The molecule has 1 aliphatic rings.